The number of nitrogens with one attached hydrogen (secondary N) is 1. The van der Waals surface area contributed by atoms with E-state index in [-0.39, 0.29) is 12.4 Å². The van der Waals surface area contributed by atoms with Crippen LogP contribution in [0.25, 0.3) is 0 Å². The van der Waals surface area contributed by atoms with Gasteiger partial charge in [0.05, 0.1) is 23.5 Å². The van der Waals surface area contributed by atoms with Crippen molar-refractivity contribution < 1.29 is 38.1 Å². The summed E-state index contributed by atoms with van der Waals surface area (Å²) < 4.78 is 19.3. The Morgan fingerprint density at radius 3 is 2.44 bits per heavy atom. The van der Waals surface area contributed by atoms with Crippen molar-refractivity contribution in [2.45, 2.75) is 24.6 Å². The number of benzene rings is 1. The number of nitrogens with zero attached hydrogens (tertiary/aromatic N) is 1. The summed E-state index contributed by atoms with van der Waals surface area (Å²) in [5.74, 6) is -1.92. The van der Waals surface area contributed by atoms with Gasteiger partial charge in [-0.05, 0) is 37.7 Å². The molecule has 1 heterocycles. The van der Waals surface area contributed by atoms with Gasteiger partial charge in [-0.25, -0.2) is 14.4 Å². The number of hydrogen-bond donors (Lipinski definition) is 2. The third-order valence-electron chi connectivity index (χ3n) is 4.65. The van der Waals surface area contributed by atoms with Gasteiger partial charge in [0.25, 0.3) is 0 Å². The molecule has 1 amide bonds. The monoisotopic (exact) mass is 514 g/mol. The summed E-state index contributed by atoms with van der Waals surface area (Å²) in [4.78, 5) is 50.9. The Kier molecular flexibility index (Phi) is 11.7. The minimum Gasteiger partial charge on any atom is -0.463 e. The molecule has 34 heavy (non-hydrogen) atoms. The summed E-state index contributed by atoms with van der Waals surface area (Å²) in [7, 11) is 0. The van der Waals surface area contributed by atoms with E-state index in [0.29, 0.717) is 37.1 Å². The topological polar surface area (TPSA) is 120 Å². The number of hydrogen-bond acceptors (Lipinski definition) is 11. The van der Waals surface area contributed by atoms with Crippen molar-refractivity contribution >= 4 is 47.5 Å². The lowest BCUT2D eigenvalue weighted by atomic mass is 10.2. The van der Waals surface area contributed by atoms with Crippen molar-refractivity contribution in [1.29, 1.82) is 0 Å². The van der Waals surface area contributed by atoms with Crippen LogP contribution < -0.4 is 5.32 Å². The Labute approximate surface area is 208 Å². The fourth-order valence-electron chi connectivity index (χ4n) is 2.69. The van der Waals surface area contributed by atoms with Crippen LogP contribution in [-0.4, -0.2) is 90.8 Å². The van der Waals surface area contributed by atoms with E-state index in [1.807, 2.05) is 0 Å². The molecule has 0 unspecified atom stereocenters. The molecule has 0 aliphatic carbocycles. The van der Waals surface area contributed by atoms with Gasteiger partial charge in [-0.15, -0.1) is 0 Å². The summed E-state index contributed by atoms with van der Waals surface area (Å²) in [5.41, 5.74) is 0.322. The first kappa shape index (κ1) is 28.0. The molecule has 10 nitrogen and oxygen atoms in total. The van der Waals surface area contributed by atoms with Gasteiger partial charge >= 0.3 is 17.2 Å². The average Bonchev–Trinajstić information content (AvgIpc) is 2.82. The van der Waals surface area contributed by atoms with Crippen molar-refractivity contribution in [2.75, 3.05) is 52.0 Å². The summed E-state index contributed by atoms with van der Waals surface area (Å²) in [5, 5.41) is 1.79. The number of morpholine rings is 1. The van der Waals surface area contributed by atoms with Gasteiger partial charge in [0, 0.05) is 25.4 Å². The minimum atomic E-state index is -1.09. The molecule has 2 rings (SSSR count). The van der Waals surface area contributed by atoms with Crippen LogP contribution in [0.15, 0.2) is 30.3 Å². The third-order valence-corrected chi connectivity index (χ3v) is 5.70. The Balaban J connectivity index is 1.79. The normalized spacial score (nSPS) is 15.1. The van der Waals surface area contributed by atoms with Crippen molar-refractivity contribution in [3.05, 3.63) is 35.9 Å². The molecule has 1 fully saturated rings. The molecular weight excluding hydrogens is 484 g/mol. The molecule has 1 saturated heterocycles. The Hall–Kier alpha value is -2.28. The van der Waals surface area contributed by atoms with Crippen molar-refractivity contribution in [3.8, 4) is 0 Å². The lowest BCUT2D eigenvalue weighted by Crippen LogP contribution is -2.49. The number of thioether (sulfide) groups is 1. The average molecular weight is 515 g/mol. The van der Waals surface area contributed by atoms with E-state index in [2.05, 4.69) is 22.8 Å². The number of carbonyl (C=O) groups excluding carboxylic acids is 4. The predicted octanol–water partition coefficient (Wildman–Crippen LogP) is 1.74. The molecule has 188 valence electrons. The lowest BCUT2D eigenvalue weighted by molar-refractivity contribution is -0.148. The number of rotatable bonds is 11. The second-order valence-electron chi connectivity index (χ2n) is 7.83. The zero-order valence-electron chi connectivity index (χ0n) is 19.2. The number of ether oxygens (including phenoxy) is 4. The number of thiol groups is 1. The molecule has 1 aromatic rings. The van der Waals surface area contributed by atoms with Crippen LogP contribution in [0.5, 0.6) is 0 Å². The van der Waals surface area contributed by atoms with E-state index in [1.54, 1.807) is 44.2 Å². The number of esters is 2. The molecule has 0 saturated carbocycles. The molecule has 1 aromatic carbocycles. The van der Waals surface area contributed by atoms with Gasteiger partial charge in [0.2, 0.25) is 12.7 Å². The van der Waals surface area contributed by atoms with Gasteiger partial charge in [-0.2, -0.15) is 12.6 Å². The van der Waals surface area contributed by atoms with E-state index in [9.17, 15) is 19.2 Å². The largest absolute Gasteiger partial charge is 0.463 e. The highest BCUT2D eigenvalue weighted by atomic mass is 32.2. The molecule has 1 aliphatic rings. The minimum absolute atomic E-state index is 0.128. The van der Waals surface area contributed by atoms with E-state index < -0.39 is 40.7 Å². The van der Waals surface area contributed by atoms with Crippen LogP contribution in [0.4, 0.5) is 4.79 Å². The van der Waals surface area contributed by atoms with E-state index in [1.165, 1.54) is 0 Å². The lowest BCUT2D eigenvalue weighted by Gasteiger charge is -2.27. The summed E-state index contributed by atoms with van der Waals surface area (Å²) in [6, 6.07) is 7.16. The van der Waals surface area contributed by atoms with Crippen molar-refractivity contribution in [2.24, 2.45) is 0 Å². The molecule has 1 N–H and O–H groups in total. The molecule has 1 aliphatic heterocycles. The van der Waals surface area contributed by atoms with E-state index in [0.717, 1.165) is 13.1 Å². The zero-order valence-corrected chi connectivity index (χ0v) is 20.9. The standard InChI is InChI=1S/C22H30N2O8S2/c1-22(2,33)20(27)23-17(19(26)30-13-10-24-8-11-29-12-9-24)14-34-21(28)32-15-31-18(25)16-6-4-3-5-7-16/h3-7,17,33H,8-15H2,1-2H3,(H,23,27)/t17-/m0/s1. The molecule has 0 spiro atoms. The smallest absolute Gasteiger partial charge is 0.370 e. The molecule has 12 heteroatoms. The van der Waals surface area contributed by atoms with Crippen LogP contribution in [-0.2, 0) is 28.5 Å². The Bertz CT molecular complexity index is 826. The van der Waals surface area contributed by atoms with Gasteiger partial charge in [0.15, 0.2) is 0 Å². The van der Waals surface area contributed by atoms with E-state index >= 15 is 0 Å². The highest BCUT2D eigenvalue weighted by Crippen LogP contribution is 2.14. The van der Waals surface area contributed by atoms with Crippen LogP contribution in [0.2, 0.25) is 0 Å². The van der Waals surface area contributed by atoms with Gasteiger partial charge in [-0.1, -0.05) is 18.2 Å². The third kappa shape index (κ3) is 10.3. The van der Waals surface area contributed by atoms with E-state index in [4.69, 9.17) is 18.9 Å². The highest BCUT2D eigenvalue weighted by Gasteiger charge is 2.30. The first-order valence-electron chi connectivity index (χ1n) is 10.7. The SMILES string of the molecule is CC(C)(S)C(=O)N[C@@H](CSC(=O)OCOC(=O)c1ccccc1)C(=O)OCCN1CCOCC1. The molecular formula is C22H30N2O8S2. The van der Waals surface area contributed by atoms with Crippen LogP contribution in [0.1, 0.15) is 24.2 Å². The fraction of sp³-hybridized carbons (Fsp3) is 0.545. The summed E-state index contributed by atoms with van der Waals surface area (Å²) in [6.45, 7) is 6.01. The van der Waals surface area contributed by atoms with Gasteiger partial charge in [-0.3, -0.25) is 9.69 Å². The zero-order chi connectivity index (χ0) is 25.0. The first-order valence-corrected chi connectivity index (χ1v) is 12.1. The molecule has 1 atom stereocenters. The summed E-state index contributed by atoms with van der Waals surface area (Å²) >= 11 is 4.86. The highest BCUT2D eigenvalue weighted by molar-refractivity contribution is 8.13. The maximum absolute atomic E-state index is 12.6. The number of carbonyl (C=O) groups is 4. The fourth-order valence-corrected chi connectivity index (χ4v) is 3.40. The van der Waals surface area contributed by atoms with Crippen molar-refractivity contribution in [3.63, 3.8) is 0 Å². The molecule has 0 radical (unpaired) electrons. The van der Waals surface area contributed by atoms with Crippen LogP contribution in [0.3, 0.4) is 0 Å². The second-order valence-corrected chi connectivity index (χ2v) is 9.90. The van der Waals surface area contributed by atoms with Crippen molar-refractivity contribution in [1.82, 2.24) is 10.2 Å². The van der Waals surface area contributed by atoms with Crippen LogP contribution >= 0.6 is 24.4 Å². The second kappa shape index (κ2) is 14.2. The van der Waals surface area contributed by atoms with Gasteiger partial charge in [0.1, 0.15) is 12.6 Å². The Morgan fingerprint density at radius 1 is 1.12 bits per heavy atom. The number of amides is 1. The maximum atomic E-state index is 12.6. The van der Waals surface area contributed by atoms with Crippen LogP contribution in [0, 0.1) is 0 Å². The molecule has 0 aromatic heterocycles. The van der Waals surface area contributed by atoms with Gasteiger partial charge < -0.3 is 24.3 Å². The predicted molar refractivity (Wildman–Crippen MR) is 129 cm³/mol. The quantitative estimate of drug-likeness (QED) is 0.257. The first-order chi connectivity index (χ1) is 16.2. The Morgan fingerprint density at radius 2 is 1.79 bits per heavy atom. The molecule has 0 bridgehead atoms. The summed E-state index contributed by atoms with van der Waals surface area (Å²) in [6.07, 6.45) is 0. The maximum Gasteiger partial charge on any atom is 0.370 e.